The lowest BCUT2D eigenvalue weighted by Crippen LogP contribution is -2.00. The summed E-state index contributed by atoms with van der Waals surface area (Å²) in [6.45, 7) is 0. The molecule has 0 unspecified atom stereocenters. The molecular formula is C49H31N5S. The molecule has 0 aliphatic rings. The van der Waals surface area contributed by atoms with E-state index in [-0.39, 0.29) is 0 Å². The zero-order chi connectivity index (χ0) is 36.6. The van der Waals surface area contributed by atoms with Crippen molar-refractivity contribution in [1.82, 2.24) is 24.9 Å². The van der Waals surface area contributed by atoms with Crippen LogP contribution in [-0.4, -0.2) is 24.9 Å². The number of hydrogen-bond acceptors (Lipinski definition) is 6. The number of nitrogens with zero attached hydrogens (tertiary/aromatic N) is 5. The first-order chi connectivity index (χ1) is 27.2. The fraction of sp³-hybridized carbons (Fsp3) is 0. The van der Waals surface area contributed by atoms with Gasteiger partial charge in [0.15, 0.2) is 23.3 Å². The van der Waals surface area contributed by atoms with E-state index in [1.54, 1.807) is 11.3 Å². The molecule has 5 nitrogen and oxygen atoms in total. The molecule has 0 radical (unpaired) electrons. The highest BCUT2D eigenvalue weighted by atomic mass is 32.1. The topological polar surface area (TPSA) is 64.5 Å². The second-order valence-electron chi connectivity index (χ2n) is 13.3. The van der Waals surface area contributed by atoms with Gasteiger partial charge in [-0.3, -0.25) is 0 Å². The Morgan fingerprint density at radius 2 is 0.764 bits per heavy atom. The average molecular weight is 722 g/mol. The molecule has 10 aromatic rings. The van der Waals surface area contributed by atoms with E-state index in [9.17, 15) is 0 Å². The van der Waals surface area contributed by atoms with Crippen molar-refractivity contribution in [2.75, 3.05) is 0 Å². The molecule has 0 fully saturated rings. The van der Waals surface area contributed by atoms with Crippen molar-refractivity contribution in [3.63, 3.8) is 0 Å². The first-order valence-corrected chi connectivity index (χ1v) is 19.0. The van der Waals surface area contributed by atoms with Gasteiger partial charge in [-0.25, -0.2) is 24.9 Å². The van der Waals surface area contributed by atoms with E-state index in [0.717, 1.165) is 60.6 Å². The minimum Gasteiger partial charge on any atom is -0.228 e. The molecule has 0 aliphatic heterocycles. The van der Waals surface area contributed by atoms with Gasteiger partial charge in [0.2, 0.25) is 0 Å². The Bertz CT molecular complexity index is 2850. The van der Waals surface area contributed by atoms with Crippen LogP contribution in [0.15, 0.2) is 188 Å². The maximum atomic E-state index is 5.08. The SMILES string of the molecule is c1ccc(-c2cc(-c3ccccc3)nc(-c3cccc(-c4ccc5sc6c(-c7nc(-c8ccccc8)nc(-c8ccccc8)n7)cccc6c5c4)c3)n2)cc1. The lowest BCUT2D eigenvalue weighted by Gasteiger charge is -2.10. The van der Waals surface area contributed by atoms with Crippen LogP contribution < -0.4 is 0 Å². The molecular weight excluding hydrogens is 691 g/mol. The highest BCUT2D eigenvalue weighted by molar-refractivity contribution is 7.26. The van der Waals surface area contributed by atoms with Gasteiger partial charge in [0.25, 0.3) is 0 Å². The summed E-state index contributed by atoms with van der Waals surface area (Å²) < 4.78 is 2.35. The molecule has 10 rings (SSSR count). The number of benzene rings is 7. The molecule has 3 heterocycles. The molecule has 7 aromatic carbocycles. The first-order valence-electron chi connectivity index (χ1n) is 18.2. The van der Waals surface area contributed by atoms with Crippen LogP contribution in [-0.2, 0) is 0 Å². The van der Waals surface area contributed by atoms with Gasteiger partial charge in [0.1, 0.15) is 0 Å². The third-order valence-electron chi connectivity index (χ3n) is 9.76. The third kappa shape index (κ3) is 6.35. The standard InChI is InChI=1S/C49H31N5S/c1-5-15-32(16-6-1)42-31-43(33-17-7-2-8-18-33)51-48(50-42)38-24-13-23-36(29-38)37-27-28-44-41(30-37)39-25-14-26-40(45(39)55-44)49-53-46(34-19-9-3-10-20-34)52-47(54-49)35-21-11-4-12-22-35/h1-31H. The Kier molecular flexibility index (Phi) is 8.28. The normalized spacial score (nSPS) is 11.3. The van der Waals surface area contributed by atoms with Crippen LogP contribution in [0.5, 0.6) is 0 Å². The minimum absolute atomic E-state index is 0.652. The van der Waals surface area contributed by atoms with Crippen molar-refractivity contribution in [2.45, 2.75) is 0 Å². The predicted octanol–water partition coefficient (Wildman–Crippen LogP) is 12.7. The summed E-state index contributed by atoms with van der Waals surface area (Å²) in [5.41, 5.74) is 9.97. The molecule has 0 aliphatic carbocycles. The summed E-state index contributed by atoms with van der Waals surface area (Å²) in [5.74, 6) is 2.65. The molecule has 0 N–H and O–H groups in total. The Balaban J connectivity index is 1.07. The largest absolute Gasteiger partial charge is 0.228 e. The van der Waals surface area contributed by atoms with E-state index in [4.69, 9.17) is 24.9 Å². The van der Waals surface area contributed by atoms with Crippen molar-refractivity contribution in [2.24, 2.45) is 0 Å². The van der Waals surface area contributed by atoms with Crippen molar-refractivity contribution < 1.29 is 0 Å². The Labute approximate surface area is 322 Å². The van der Waals surface area contributed by atoms with Crippen LogP contribution in [0.1, 0.15) is 0 Å². The van der Waals surface area contributed by atoms with E-state index < -0.39 is 0 Å². The fourth-order valence-corrected chi connectivity index (χ4v) is 8.20. The number of thiophene rings is 1. The smallest absolute Gasteiger partial charge is 0.165 e. The predicted molar refractivity (Wildman–Crippen MR) is 226 cm³/mol. The lowest BCUT2D eigenvalue weighted by atomic mass is 10.00. The Hall–Kier alpha value is -7.15. The summed E-state index contributed by atoms with van der Waals surface area (Å²) in [5, 5.41) is 2.36. The molecule has 0 bridgehead atoms. The molecule has 0 amide bonds. The van der Waals surface area contributed by atoms with Crippen LogP contribution in [0.3, 0.4) is 0 Å². The van der Waals surface area contributed by atoms with Gasteiger partial charge in [-0.2, -0.15) is 0 Å². The van der Waals surface area contributed by atoms with E-state index in [2.05, 4.69) is 91.0 Å². The maximum absolute atomic E-state index is 5.08. The highest BCUT2D eigenvalue weighted by Crippen LogP contribution is 2.41. The zero-order valence-corrected chi connectivity index (χ0v) is 30.4. The number of hydrogen-bond donors (Lipinski definition) is 0. The number of aromatic nitrogens is 5. The van der Waals surface area contributed by atoms with Crippen LogP contribution in [0.25, 0.3) is 99.4 Å². The molecule has 0 spiro atoms. The van der Waals surface area contributed by atoms with Crippen LogP contribution in [0.4, 0.5) is 0 Å². The third-order valence-corrected chi connectivity index (χ3v) is 11.0. The molecule has 258 valence electrons. The minimum atomic E-state index is 0.652. The molecule has 0 atom stereocenters. The van der Waals surface area contributed by atoms with Crippen molar-refractivity contribution in [3.05, 3.63) is 188 Å². The summed E-state index contributed by atoms with van der Waals surface area (Å²) in [7, 11) is 0. The number of rotatable bonds is 7. The first kappa shape index (κ1) is 32.5. The van der Waals surface area contributed by atoms with Gasteiger partial charge in [-0.05, 0) is 41.5 Å². The summed E-state index contributed by atoms with van der Waals surface area (Å²) in [4.78, 5) is 25.2. The maximum Gasteiger partial charge on any atom is 0.165 e. The number of fused-ring (bicyclic) bond motifs is 3. The van der Waals surface area contributed by atoms with E-state index in [1.165, 1.54) is 15.5 Å². The molecule has 3 aromatic heterocycles. The van der Waals surface area contributed by atoms with E-state index >= 15 is 0 Å². The average Bonchev–Trinajstić information content (AvgIpc) is 3.66. The van der Waals surface area contributed by atoms with Gasteiger partial charge < -0.3 is 0 Å². The van der Waals surface area contributed by atoms with Gasteiger partial charge in [0.05, 0.1) is 11.4 Å². The van der Waals surface area contributed by atoms with Crippen LogP contribution in [0.2, 0.25) is 0 Å². The van der Waals surface area contributed by atoms with Gasteiger partial charge in [0, 0.05) is 53.6 Å². The molecule has 55 heavy (non-hydrogen) atoms. The van der Waals surface area contributed by atoms with Crippen molar-refractivity contribution in [1.29, 1.82) is 0 Å². The van der Waals surface area contributed by atoms with Gasteiger partial charge in [-0.15, -0.1) is 11.3 Å². The zero-order valence-electron chi connectivity index (χ0n) is 29.5. The second-order valence-corrected chi connectivity index (χ2v) is 14.4. The molecule has 0 saturated heterocycles. The van der Waals surface area contributed by atoms with E-state index in [1.807, 2.05) is 97.1 Å². The van der Waals surface area contributed by atoms with E-state index in [0.29, 0.717) is 23.3 Å². The molecule has 6 heteroatoms. The van der Waals surface area contributed by atoms with Crippen molar-refractivity contribution in [3.8, 4) is 79.2 Å². The molecule has 0 saturated carbocycles. The van der Waals surface area contributed by atoms with Crippen LogP contribution in [0, 0.1) is 0 Å². The monoisotopic (exact) mass is 721 g/mol. The Morgan fingerprint density at radius 1 is 0.291 bits per heavy atom. The van der Waals surface area contributed by atoms with Gasteiger partial charge in [-0.1, -0.05) is 158 Å². The summed E-state index contributed by atoms with van der Waals surface area (Å²) >= 11 is 1.77. The quantitative estimate of drug-likeness (QED) is 0.164. The van der Waals surface area contributed by atoms with Crippen LogP contribution >= 0.6 is 11.3 Å². The lowest BCUT2D eigenvalue weighted by molar-refractivity contribution is 1.08. The summed E-state index contributed by atoms with van der Waals surface area (Å²) in [6, 6.07) is 64.6. The highest BCUT2D eigenvalue weighted by Gasteiger charge is 2.18. The second kappa shape index (κ2) is 14.0. The Morgan fingerprint density at radius 3 is 1.36 bits per heavy atom. The van der Waals surface area contributed by atoms with Gasteiger partial charge >= 0.3 is 0 Å². The van der Waals surface area contributed by atoms with Crippen molar-refractivity contribution >= 4 is 31.5 Å². The fourth-order valence-electron chi connectivity index (χ4n) is 7.01. The summed E-state index contributed by atoms with van der Waals surface area (Å²) in [6.07, 6.45) is 0.